The fourth-order valence-electron chi connectivity index (χ4n) is 0.956. The van der Waals surface area contributed by atoms with Gasteiger partial charge < -0.3 is 9.94 Å². The number of hydrogen-bond donors (Lipinski definition) is 1. The second-order valence-electron chi connectivity index (χ2n) is 2.48. The zero-order valence-corrected chi connectivity index (χ0v) is 7.40. The summed E-state index contributed by atoms with van der Waals surface area (Å²) >= 11 is 0. The number of carbonyl (C=O) groups excluding carboxylic acids is 1. The molecule has 5 heteroatoms. The molecule has 0 saturated carbocycles. The second-order valence-corrected chi connectivity index (χ2v) is 2.48. The van der Waals surface area contributed by atoms with Crippen LogP contribution in [0, 0.1) is 5.82 Å². The highest BCUT2D eigenvalue weighted by atomic mass is 19.1. The van der Waals surface area contributed by atoms with Crippen molar-refractivity contribution in [3.05, 3.63) is 35.1 Å². The zero-order chi connectivity index (χ0) is 10.6. The van der Waals surface area contributed by atoms with Crippen molar-refractivity contribution >= 4 is 12.2 Å². The number of hydrogen-bond acceptors (Lipinski definition) is 4. The normalized spacial score (nSPS) is 10.4. The summed E-state index contributed by atoms with van der Waals surface area (Å²) < 4.78 is 17.4. The lowest BCUT2D eigenvalue weighted by Crippen LogP contribution is -2.05. The van der Waals surface area contributed by atoms with Gasteiger partial charge in [0.25, 0.3) is 0 Å². The van der Waals surface area contributed by atoms with Gasteiger partial charge in [-0.3, -0.25) is 0 Å². The Morgan fingerprint density at radius 1 is 1.64 bits per heavy atom. The maximum atomic E-state index is 13.0. The lowest BCUT2D eigenvalue weighted by molar-refractivity contribution is 0.0595. The summed E-state index contributed by atoms with van der Waals surface area (Å²) in [6.07, 6.45) is 1.09. The average molecular weight is 197 g/mol. The number of carbonyl (C=O) groups is 1. The van der Waals surface area contributed by atoms with E-state index in [-0.39, 0.29) is 5.56 Å². The van der Waals surface area contributed by atoms with Crippen molar-refractivity contribution in [2.75, 3.05) is 7.11 Å². The predicted molar refractivity (Wildman–Crippen MR) is 47.1 cm³/mol. The number of oxime groups is 1. The molecule has 0 saturated heterocycles. The van der Waals surface area contributed by atoms with Crippen LogP contribution in [-0.2, 0) is 4.74 Å². The van der Waals surface area contributed by atoms with Gasteiger partial charge in [-0.2, -0.15) is 0 Å². The molecule has 0 aliphatic heterocycles. The summed E-state index contributed by atoms with van der Waals surface area (Å²) in [5, 5.41) is 11.0. The van der Waals surface area contributed by atoms with Crippen LogP contribution in [0.25, 0.3) is 0 Å². The second kappa shape index (κ2) is 4.36. The van der Waals surface area contributed by atoms with Gasteiger partial charge in [-0.05, 0) is 17.7 Å². The lowest BCUT2D eigenvalue weighted by Gasteiger charge is -2.01. The van der Waals surface area contributed by atoms with Crippen molar-refractivity contribution in [1.82, 2.24) is 0 Å². The van der Waals surface area contributed by atoms with Crippen molar-refractivity contribution in [2.24, 2.45) is 5.16 Å². The van der Waals surface area contributed by atoms with Gasteiger partial charge in [0, 0.05) is 0 Å². The minimum Gasteiger partial charge on any atom is -0.465 e. The molecule has 14 heavy (non-hydrogen) atoms. The average Bonchev–Trinajstić information content (AvgIpc) is 2.20. The Bertz CT molecular complexity index is 376. The van der Waals surface area contributed by atoms with Crippen molar-refractivity contribution in [2.45, 2.75) is 0 Å². The van der Waals surface area contributed by atoms with Gasteiger partial charge in [0.15, 0.2) is 0 Å². The molecule has 0 aliphatic carbocycles. The van der Waals surface area contributed by atoms with Crippen LogP contribution in [0.15, 0.2) is 23.4 Å². The maximum absolute atomic E-state index is 13.0. The van der Waals surface area contributed by atoms with Crippen molar-refractivity contribution < 1.29 is 19.1 Å². The Kier molecular flexibility index (Phi) is 3.17. The van der Waals surface area contributed by atoms with E-state index in [0.717, 1.165) is 19.4 Å². The number of nitrogens with zero attached hydrogens (tertiary/aromatic N) is 1. The van der Waals surface area contributed by atoms with E-state index in [0.29, 0.717) is 5.56 Å². The molecule has 0 heterocycles. The first kappa shape index (κ1) is 10.2. The third kappa shape index (κ3) is 2.07. The highest BCUT2D eigenvalue weighted by Crippen LogP contribution is 2.10. The van der Waals surface area contributed by atoms with E-state index in [2.05, 4.69) is 9.89 Å². The van der Waals surface area contributed by atoms with Crippen molar-refractivity contribution in [3.8, 4) is 0 Å². The first-order valence-electron chi connectivity index (χ1n) is 3.74. The number of benzene rings is 1. The Balaban J connectivity index is 3.14. The predicted octanol–water partition coefficient (Wildman–Crippen LogP) is 1.42. The molecule has 0 unspecified atom stereocenters. The van der Waals surface area contributed by atoms with Crippen LogP contribution in [0.1, 0.15) is 15.9 Å². The maximum Gasteiger partial charge on any atom is 0.340 e. The Morgan fingerprint density at radius 3 is 2.93 bits per heavy atom. The molecule has 0 amide bonds. The molecule has 4 nitrogen and oxygen atoms in total. The lowest BCUT2D eigenvalue weighted by atomic mass is 10.1. The third-order valence-corrected chi connectivity index (χ3v) is 1.60. The van der Waals surface area contributed by atoms with Crippen LogP contribution in [0.4, 0.5) is 4.39 Å². The number of methoxy groups -OCH3 is 1. The Hall–Kier alpha value is -1.91. The fraction of sp³-hybridized carbons (Fsp3) is 0.111. The van der Waals surface area contributed by atoms with Gasteiger partial charge in [0.05, 0.1) is 18.9 Å². The smallest absolute Gasteiger partial charge is 0.340 e. The van der Waals surface area contributed by atoms with E-state index in [1.54, 1.807) is 0 Å². The standard InChI is InChI=1S/C9H8FNO3/c1-14-9(12)7-4-6(5-11-13)2-3-8(7)10/h2-5,13H,1H3. The van der Waals surface area contributed by atoms with Gasteiger partial charge in [0.1, 0.15) is 5.82 Å². The van der Waals surface area contributed by atoms with Gasteiger partial charge in [-0.1, -0.05) is 11.2 Å². The summed E-state index contributed by atoms with van der Waals surface area (Å²) in [6, 6.07) is 3.71. The first-order valence-corrected chi connectivity index (χ1v) is 3.74. The van der Waals surface area contributed by atoms with E-state index in [1.807, 2.05) is 0 Å². The molecule has 74 valence electrons. The number of ether oxygens (including phenoxy) is 1. The van der Waals surface area contributed by atoms with Crippen LogP contribution in [0.5, 0.6) is 0 Å². The SMILES string of the molecule is COC(=O)c1cc(C=NO)ccc1F. The molecular weight excluding hydrogens is 189 g/mol. The van der Waals surface area contributed by atoms with Gasteiger partial charge in [-0.25, -0.2) is 9.18 Å². The molecule has 0 atom stereocenters. The minimum absolute atomic E-state index is 0.190. The van der Waals surface area contributed by atoms with Crippen LogP contribution < -0.4 is 0 Å². The Labute approximate surface area is 79.6 Å². The van der Waals surface area contributed by atoms with E-state index >= 15 is 0 Å². The molecular formula is C9H8FNO3. The number of rotatable bonds is 2. The van der Waals surface area contributed by atoms with Crippen LogP contribution >= 0.6 is 0 Å². The third-order valence-electron chi connectivity index (χ3n) is 1.60. The summed E-state index contributed by atoms with van der Waals surface area (Å²) in [5.74, 6) is -1.44. The zero-order valence-electron chi connectivity index (χ0n) is 7.40. The fourth-order valence-corrected chi connectivity index (χ4v) is 0.956. The van der Waals surface area contributed by atoms with Crippen LogP contribution in [0.3, 0.4) is 0 Å². The van der Waals surface area contributed by atoms with E-state index < -0.39 is 11.8 Å². The quantitative estimate of drug-likeness (QED) is 0.337. The summed E-state index contributed by atoms with van der Waals surface area (Å²) in [5.41, 5.74) is 0.221. The van der Waals surface area contributed by atoms with Gasteiger partial charge in [0.2, 0.25) is 0 Å². The van der Waals surface area contributed by atoms with Gasteiger partial charge >= 0.3 is 5.97 Å². The van der Waals surface area contributed by atoms with Crippen molar-refractivity contribution in [3.63, 3.8) is 0 Å². The van der Waals surface area contributed by atoms with E-state index in [4.69, 9.17) is 5.21 Å². The summed E-state index contributed by atoms with van der Waals surface area (Å²) in [6.45, 7) is 0. The monoisotopic (exact) mass is 197 g/mol. The molecule has 0 bridgehead atoms. The molecule has 0 fully saturated rings. The van der Waals surface area contributed by atoms with Crippen LogP contribution in [-0.4, -0.2) is 24.5 Å². The molecule has 0 spiro atoms. The first-order chi connectivity index (χ1) is 6.69. The Morgan fingerprint density at radius 2 is 2.36 bits per heavy atom. The topological polar surface area (TPSA) is 58.9 Å². The molecule has 0 aliphatic rings. The number of esters is 1. The molecule has 0 aromatic heterocycles. The molecule has 1 rings (SSSR count). The minimum atomic E-state index is -0.768. The van der Waals surface area contributed by atoms with E-state index in [1.165, 1.54) is 12.1 Å². The van der Waals surface area contributed by atoms with Crippen molar-refractivity contribution in [1.29, 1.82) is 0 Å². The summed E-state index contributed by atoms with van der Waals surface area (Å²) in [7, 11) is 1.16. The molecule has 0 radical (unpaired) electrons. The number of halogens is 1. The molecule has 1 aromatic rings. The van der Waals surface area contributed by atoms with E-state index in [9.17, 15) is 9.18 Å². The highest BCUT2D eigenvalue weighted by molar-refractivity contribution is 5.92. The molecule has 1 aromatic carbocycles. The summed E-state index contributed by atoms with van der Waals surface area (Å²) in [4.78, 5) is 11.0. The van der Waals surface area contributed by atoms with Crippen LogP contribution in [0.2, 0.25) is 0 Å². The largest absolute Gasteiger partial charge is 0.465 e. The molecule has 1 N–H and O–H groups in total. The highest BCUT2D eigenvalue weighted by Gasteiger charge is 2.11. The van der Waals surface area contributed by atoms with Gasteiger partial charge in [-0.15, -0.1) is 0 Å².